The summed E-state index contributed by atoms with van der Waals surface area (Å²) >= 11 is 3.53. The van der Waals surface area contributed by atoms with Crippen LogP contribution in [0.2, 0.25) is 0 Å². The number of carbonyl (C=O) groups is 1. The minimum atomic E-state index is -0.0704. The summed E-state index contributed by atoms with van der Waals surface area (Å²) < 4.78 is 12.2. The zero-order chi connectivity index (χ0) is 13.8. The molecular formula is C14H18BrNO3. The van der Waals surface area contributed by atoms with Crippen LogP contribution in [0.4, 0.5) is 0 Å². The van der Waals surface area contributed by atoms with Crippen molar-refractivity contribution in [2.24, 2.45) is 0 Å². The maximum absolute atomic E-state index is 11.5. The molecule has 1 heterocycles. The second kappa shape index (κ2) is 6.28. The molecule has 0 saturated carbocycles. The zero-order valence-electron chi connectivity index (χ0n) is 11.2. The van der Waals surface area contributed by atoms with Gasteiger partial charge < -0.3 is 14.8 Å². The Morgan fingerprint density at radius 3 is 2.63 bits per heavy atom. The Morgan fingerprint density at radius 1 is 1.37 bits per heavy atom. The van der Waals surface area contributed by atoms with Gasteiger partial charge in [-0.1, -0.05) is 22.9 Å². The lowest BCUT2D eigenvalue weighted by molar-refractivity contribution is -0.121. The molecule has 1 amide bonds. The van der Waals surface area contributed by atoms with E-state index in [2.05, 4.69) is 21.2 Å². The summed E-state index contributed by atoms with van der Waals surface area (Å²) in [4.78, 5) is 11.5. The number of nitrogens with one attached hydrogen (secondary N) is 1. The summed E-state index contributed by atoms with van der Waals surface area (Å²) in [6.07, 6.45) is 1.36. The van der Waals surface area contributed by atoms with Crippen LogP contribution in [0.25, 0.3) is 0 Å². The lowest BCUT2D eigenvalue weighted by atomic mass is 10.1. The van der Waals surface area contributed by atoms with E-state index in [0.29, 0.717) is 19.6 Å². The maximum Gasteiger partial charge on any atom is 0.220 e. The predicted octanol–water partition coefficient (Wildman–Crippen LogP) is 3.20. The highest BCUT2D eigenvalue weighted by atomic mass is 79.9. The van der Waals surface area contributed by atoms with Gasteiger partial charge in [0.2, 0.25) is 5.91 Å². The molecule has 1 aromatic rings. The number of rotatable bonds is 3. The molecule has 0 radical (unpaired) electrons. The predicted molar refractivity (Wildman–Crippen MR) is 76.6 cm³/mol. The van der Waals surface area contributed by atoms with Crippen molar-refractivity contribution in [1.82, 2.24) is 5.32 Å². The van der Waals surface area contributed by atoms with Crippen molar-refractivity contribution in [3.8, 4) is 11.5 Å². The molecule has 5 heteroatoms. The van der Waals surface area contributed by atoms with Crippen LogP contribution in [0.1, 0.15) is 38.3 Å². The number of carbonyl (C=O) groups excluding carboxylic acids is 1. The zero-order valence-corrected chi connectivity index (χ0v) is 12.7. The number of halogens is 1. The van der Waals surface area contributed by atoms with E-state index in [4.69, 9.17) is 9.47 Å². The van der Waals surface area contributed by atoms with E-state index in [1.54, 1.807) is 0 Å². The quantitative estimate of drug-likeness (QED) is 0.927. The molecule has 0 bridgehead atoms. The van der Waals surface area contributed by atoms with Crippen LogP contribution in [0.3, 0.4) is 0 Å². The first-order chi connectivity index (χ1) is 9.11. The molecule has 1 aliphatic rings. The van der Waals surface area contributed by atoms with Crippen LogP contribution < -0.4 is 14.8 Å². The third-order valence-corrected chi connectivity index (χ3v) is 3.72. The van der Waals surface area contributed by atoms with E-state index in [1.807, 2.05) is 26.0 Å². The van der Waals surface area contributed by atoms with Crippen LogP contribution in [-0.2, 0) is 4.79 Å². The first-order valence-electron chi connectivity index (χ1n) is 6.50. The van der Waals surface area contributed by atoms with E-state index in [1.165, 1.54) is 0 Å². The minimum absolute atomic E-state index is 0.0338. The first-order valence-corrected chi connectivity index (χ1v) is 7.29. The lowest BCUT2D eigenvalue weighted by Crippen LogP contribution is -2.25. The van der Waals surface area contributed by atoms with Crippen LogP contribution in [-0.4, -0.2) is 19.1 Å². The van der Waals surface area contributed by atoms with Gasteiger partial charge in [0.25, 0.3) is 0 Å². The van der Waals surface area contributed by atoms with E-state index in [0.717, 1.165) is 28.0 Å². The second-order valence-electron chi connectivity index (χ2n) is 4.51. The van der Waals surface area contributed by atoms with Gasteiger partial charge in [0, 0.05) is 17.3 Å². The second-order valence-corrected chi connectivity index (χ2v) is 5.37. The fourth-order valence-electron chi connectivity index (χ4n) is 1.95. The van der Waals surface area contributed by atoms with Crippen molar-refractivity contribution >= 4 is 21.8 Å². The Hall–Kier alpha value is -1.23. The molecule has 4 nitrogen and oxygen atoms in total. The molecule has 1 N–H and O–H groups in total. The van der Waals surface area contributed by atoms with Crippen molar-refractivity contribution in [3.63, 3.8) is 0 Å². The van der Waals surface area contributed by atoms with Crippen molar-refractivity contribution < 1.29 is 14.3 Å². The van der Waals surface area contributed by atoms with Crippen LogP contribution in [0.5, 0.6) is 11.5 Å². The molecule has 0 fully saturated rings. The monoisotopic (exact) mass is 327 g/mol. The summed E-state index contributed by atoms with van der Waals surface area (Å²) in [5.74, 6) is 1.53. The summed E-state index contributed by atoms with van der Waals surface area (Å²) in [5, 5.41) is 2.94. The molecule has 104 valence electrons. The number of hydrogen-bond acceptors (Lipinski definition) is 3. The van der Waals surface area contributed by atoms with Crippen molar-refractivity contribution in [2.45, 2.75) is 32.7 Å². The van der Waals surface area contributed by atoms with Gasteiger partial charge in [0.15, 0.2) is 11.5 Å². The number of amides is 1. The average molecular weight is 328 g/mol. The number of hydrogen-bond donors (Lipinski definition) is 1. The Morgan fingerprint density at radius 2 is 2.00 bits per heavy atom. The van der Waals surface area contributed by atoms with Gasteiger partial charge >= 0.3 is 0 Å². The molecular weight excluding hydrogens is 310 g/mol. The number of benzene rings is 1. The van der Waals surface area contributed by atoms with Gasteiger partial charge in [-0.3, -0.25) is 4.79 Å². The van der Waals surface area contributed by atoms with E-state index in [9.17, 15) is 4.79 Å². The van der Waals surface area contributed by atoms with E-state index >= 15 is 0 Å². The summed E-state index contributed by atoms with van der Waals surface area (Å²) in [6, 6.07) is 3.77. The van der Waals surface area contributed by atoms with Crippen LogP contribution >= 0.6 is 15.9 Å². The third-order valence-electron chi connectivity index (χ3n) is 3.03. The molecule has 1 aliphatic heterocycles. The first kappa shape index (κ1) is 14.2. The molecule has 0 aromatic heterocycles. The molecule has 2 rings (SSSR count). The highest BCUT2D eigenvalue weighted by Crippen LogP contribution is 2.37. The molecule has 1 aromatic carbocycles. The lowest BCUT2D eigenvalue weighted by Gasteiger charge is -2.18. The van der Waals surface area contributed by atoms with Gasteiger partial charge in [-0.05, 0) is 24.6 Å². The molecule has 1 unspecified atom stereocenters. The molecule has 0 aliphatic carbocycles. The smallest absolute Gasteiger partial charge is 0.220 e. The van der Waals surface area contributed by atoms with Gasteiger partial charge in [0.05, 0.1) is 19.3 Å². The average Bonchev–Trinajstić information content (AvgIpc) is 2.62. The fraction of sp³-hybridized carbons (Fsp3) is 0.500. The van der Waals surface area contributed by atoms with Crippen molar-refractivity contribution in [3.05, 3.63) is 22.2 Å². The Balaban J connectivity index is 2.25. The maximum atomic E-state index is 11.5. The van der Waals surface area contributed by atoms with Crippen molar-refractivity contribution in [1.29, 1.82) is 0 Å². The summed E-state index contributed by atoms with van der Waals surface area (Å²) in [5.41, 5.74) is 0.992. The van der Waals surface area contributed by atoms with Gasteiger partial charge in [-0.15, -0.1) is 0 Å². The normalized spacial score (nSPS) is 15.5. The van der Waals surface area contributed by atoms with Gasteiger partial charge in [-0.25, -0.2) is 0 Å². The van der Waals surface area contributed by atoms with E-state index in [-0.39, 0.29) is 11.9 Å². The number of ether oxygens (including phenoxy) is 2. The molecule has 0 spiro atoms. The van der Waals surface area contributed by atoms with E-state index < -0.39 is 0 Å². The third kappa shape index (κ3) is 3.41. The van der Waals surface area contributed by atoms with Crippen LogP contribution in [0, 0.1) is 0 Å². The molecule has 1 atom stereocenters. The number of fused-ring (bicyclic) bond motifs is 1. The summed E-state index contributed by atoms with van der Waals surface area (Å²) in [7, 11) is 0. The Bertz CT molecular complexity index is 476. The standard InChI is InChI=1S/C14H18BrNO3/c1-3-14(17)16-9(2)10-7-12-13(8-11(10)15)19-6-4-5-18-12/h7-9H,3-6H2,1-2H3,(H,16,17). The fourth-order valence-corrected chi connectivity index (χ4v) is 2.62. The van der Waals surface area contributed by atoms with Gasteiger partial charge in [-0.2, -0.15) is 0 Å². The highest BCUT2D eigenvalue weighted by molar-refractivity contribution is 9.10. The van der Waals surface area contributed by atoms with Crippen LogP contribution in [0.15, 0.2) is 16.6 Å². The molecule has 0 saturated heterocycles. The summed E-state index contributed by atoms with van der Waals surface area (Å²) in [6.45, 7) is 5.12. The SMILES string of the molecule is CCC(=O)NC(C)c1cc2c(cc1Br)OCCCO2. The highest BCUT2D eigenvalue weighted by Gasteiger charge is 2.18. The Kier molecular flexibility index (Phi) is 4.69. The van der Waals surface area contributed by atoms with Crippen molar-refractivity contribution in [2.75, 3.05) is 13.2 Å². The largest absolute Gasteiger partial charge is 0.490 e. The molecule has 19 heavy (non-hydrogen) atoms. The topological polar surface area (TPSA) is 47.6 Å². The minimum Gasteiger partial charge on any atom is -0.490 e. The van der Waals surface area contributed by atoms with Gasteiger partial charge in [0.1, 0.15) is 0 Å². The Labute approximate surface area is 121 Å².